The molecule has 1 aliphatic rings. The monoisotopic (exact) mass is 532 g/mol. The molecule has 4 rings (SSSR count). The van der Waals surface area contributed by atoms with Crippen molar-refractivity contribution < 1.29 is 17.9 Å². The van der Waals surface area contributed by atoms with Crippen LogP contribution in [0.4, 0.5) is 5.69 Å². The Labute approximate surface area is 224 Å². The standard InChI is InChI=1S/C29H32N4O4S/c1-20(2)33-15-13-29(19-30,14-16-33)26-18-24(11-12-27(26)37-3)32-28(34)22-9-7-21(8-10-22)23-5-4-6-25(17-23)38(31,35)36/h4-12,17-18,20H,13-16H2,1-3H3,(H,32,34)(H2,31,35,36). The van der Waals surface area contributed by atoms with Crippen LogP contribution >= 0.6 is 0 Å². The van der Waals surface area contributed by atoms with Gasteiger partial charge >= 0.3 is 0 Å². The number of primary sulfonamides is 1. The van der Waals surface area contributed by atoms with Gasteiger partial charge in [0.1, 0.15) is 5.75 Å². The second-order valence-corrected chi connectivity index (χ2v) is 11.4. The summed E-state index contributed by atoms with van der Waals surface area (Å²) >= 11 is 0. The highest BCUT2D eigenvalue weighted by atomic mass is 32.2. The molecule has 3 aromatic carbocycles. The summed E-state index contributed by atoms with van der Waals surface area (Å²) in [5.74, 6) is 0.334. The topological polar surface area (TPSA) is 126 Å². The van der Waals surface area contributed by atoms with Crippen molar-refractivity contribution in [2.45, 2.75) is 43.0 Å². The van der Waals surface area contributed by atoms with Crippen LogP contribution in [0.5, 0.6) is 5.75 Å². The number of anilines is 1. The molecule has 0 atom stereocenters. The van der Waals surface area contributed by atoms with Gasteiger partial charge in [-0.1, -0.05) is 24.3 Å². The Morgan fingerprint density at radius 2 is 1.74 bits per heavy atom. The van der Waals surface area contributed by atoms with Crippen LogP contribution in [0.1, 0.15) is 42.6 Å². The van der Waals surface area contributed by atoms with E-state index in [1.807, 2.05) is 6.07 Å². The van der Waals surface area contributed by atoms with Crippen LogP contribution in [0.15, 0.2) is 71.6 Å². The zero-order chi connectivity index (χ0) is 27.5. The van der Waals surface area contributed by atoms with E-state index >= 15 is 0 Å². The van der Waals surface area contributed by atoms with E-state index in [0.29, 0.717) is 41.4 Å². The molecule has 1 saturated heterocycles. The second kappa shape index (κ2) is 11.0. The maximum Gasteiger partial charge on any atom is 0.255 e. The summed E-state index contributed by atoms with van der Waals surface area (Å²) in [5, 5.41) is 18.4. The molecule has 0 aromatic heterocycles. The molecule has 1 heterocycles. The molecular weight excluding hydrogens is 500 g/mol. The molecule has 8 nitrogen and oxygen atoms in total. The first-order valence-corrected chi connectivity index (χ1v) is 14.0. The molecular formula is C29H32N4O4S. The zero-order valence-corrected chi connectivity index (χ0v) is 22.6. The van der Waals surface area contributed by atoms with Crippen molar-refractivity contribution in [2.24, 2.45) is 5.14 Å². The third kappa shape index (κ3) is 5.73. The molecule has 1 amide bonds. The molecule has 3 N–H and O–H groups in total. The van der Waals surface area contributed by atoms with Crippen molar-refractivity contribution in [3.63, 3.8) is 0 Å². The number of hydrogen-bond acceptors (Lipinski definition) is 6. The van der Waals surface area contributed by atoms with E-state index in [1.165, 1.54) is 12.1 Å². The van der Waals surface area contributed by atoms with Gasteiger partial charge in [-0.15, -0.1) is 0 Å². The summed E-state index contributed by atoms with van der Waals surface area (Å²) in [6.07, 6.45) is 1.37. The maximum atomic E-state index is 13.0. The molecule has 198 valence electrons. The lowest BCUT2D eigenvalue weighted by Crippen LogP contribution is -2.44. The summed E-state index contributed by atoms with van der Waals surface area (Å²) in [6, 6.07) is 21.6. The van der Waals surface area contributed by atoms with Crippen molar-refractivity contribution in [2.75, 3.05) is 25.5 Å². The number of carbonyl (C=O) groups is 1. The number of carbonyl (C=O) groups excluding carboxylic acids is 1. The van der Waals surface area contributed by atoms with E-state index in [-0.39, 0.29) is 10.8 Å². The van der Waals surface area contributed by atoms with E-state index < -0.39 is 15.4 Å². The number of ether oxygens (including phenoxy) is 1. The number of benzene rings is 3. The maximum absolute atomic E-state index is 13.0. The molecule has 0 saturated carbocycles. The number of rotatable bonds is 7. The molecule has 0 unspecified atom stereocenters. The highest BCUT2D eigenvalue weighted by Gasteiger charge is 2.39. The SMILES string of the molecule is COc1ccc(NC(=O)c2ccc(-c3cccc(S(N)(=O)=O)c3)cc2)cc1C1(C#N)CCN(C(C)C)CC1. The Hall–Kier alpha value is -3.71. The number of nitriles is 1. The van der Waals surface area contributed by atoms with Crippen LogP contribution < -0.4 is 15.2 Å². The number of piperidine rings is 1. The van der Waals surface area contributed by atoms with Crippen molar-refractivity contribution in [1.82, 2.24) is 4.90 Å². The van der Waals surface area contributed by atoms with Crippen molar-refractivity contribution in [1.29, 1.82) is 5.26 Å². The van der Waals surface area contributed by atoms with E-state index in [1.54, 1.807) is 55.6 Å². The fraction of sp³-hybridized carbons (Fsp3) is 0.310. The van der Waals surface area contributed by atoms with Gasteiger partial charge in [0.15, 0.2) is 0 Å². The molecule has 0 radical (unpaired) electrons. The first kappa shape index (κ1) is 27.3. The fourth-order valence-corrected chi connectivity index (χ4v) is 5.45. The van der Waals surface area contributed by atoms with Crippen molar-refractivity contribution in [3.05, 3.63) is 77.9 Å². The van der Waals surface area contributed by atoms with Gasteiger partial charge in [-0.05, 0) is 80.3 Å². The molecule has 0 spiro atoms. The summed E-state index contributed by atoms with van der Waals surface area (Å²) in [4.78, 5) is 15.4. The predicted octanol–water partition coefficient (Wildman–Crippen LogP) is 4.53. The number of nitrogens with two attached hydrogens (primary N) is 1. The van der Waals surface area contributed by atoms with Gasteiger partial charge < -0.3 is 15.0 Å². The Morgan fingerprint density at radius 1 is 1.05 bits per heavy atom. The molecule has 1 fully saturated rings. The Kier molecular flexibility index (Phi) is 7.88. The number of nitrogens with zero attached hydrogens (tertiary/aromatic N) is 2. The van der Waals surface area contributed by atoms with Gasteiger partial charge in [0.2, 0.25) is 10.0 Å². The lowest BCUT2D eigenvalue weighted by atomic mass is 9.73. The predicted molar refractivity (Wildman–Crippen MR) is 147 cm³/mol. The van der Waals surface area contributed by atoms with Gasteiger partial charge in [0.05, 0.1) is 23.5 Å². The van der Waals surface area contributed by atoms with Gasteiger partial charge in [0, 0.05) is 35.9 Å². The zero-order valence-electron chi connectivity index (χ0n) is 21.8. The molecule has 9 heteroatoms. The van der Waals surface area contributed by atoms with E-state index in [4.69, 9.17) is 9.88 Å². The number of likely N-dealkylation sites (tertiary alicyclic amines) is 1. The van der Waals surface area contributed by atoms with Crippen molar-refractivity contribution >= 4 is 21.6 Å². The molecule has 3 aromatic rings. The van der Waals surface area contributed by atoms with Crippen LogP contribution in [-0.4, -0.2) is 45.5 Å². The first-order valence-electron chi connectivity index (χ1n) is 12.4. The third-order valence-electron chi connectivity index (χ3n) is 7.21. The fourth-order valence-electron chi connectivity index (χ4n) is 4.89. The smallest absolute Gasteiger partial charge is 0.255 e. The van der Waals surface area contributed by atoms with Gasteiger partial charge in [-0.2, -0.15) is 5.26 Å². The second-order valence-electron chi connectivity index (χ2n) is 9.84. The minimum Gasteiger partial charge on any atom is -0.496 e. The summed E-state index contributed by atoms with van der Waals surface area (Å²) in [5.41, 5.74) is 2.54. The van der Waals surface area contributed by atoms with Gasteiger partial charge in [-0.25, -0.2) is 13.6 Å². The average Bonchev–Trinajstić information content (AvgIpc) is 2.92. The van der Waals surface area contributed by atoms with E-state index in [0.717, 1.165) is 24.2 Å². The lowest BCUT2D eigenvalue weighted by Gasteiger charge is -2.40. The minimum atomic E-state index is -3.82. The Morgan fingerprint density at radius 3 is 2.32 bits per heavy atom. The van der Waals surface area contributed by atoms with Crippen LogP contribution in [0, 0.1) is 11.3 Å². The van der Waals surface area contributed by atoms with Crippen LogP contribution in [0.3, 0.4) is 0 Å². The van der Waals surface area contributed by atoms with Crippen LogP contribution in [0.2, 0.25) is 0 Å². The molecule has 0 bridgehead atoms. The number of nitrogens with one attached hydrogen (secondary N) is 1. The van der Waals surface area contributed by atoms with Crippen molar-refractivity contribution in [3.8, 4) is 22.9 Å². The summed E-state index contributed by atoms with van der Waals surface area (Å²) < 4.78 is 29.0. The summed E-state index contributed by atoms with van der Waals surface area (Å²) in [6.45, 7) is 5.95. The number of sulfonamides is 1. The minimum absolute atomic E-state index is 0.0251. The highest BCUT2D eigenvalue weighted by molar-refractivity contribution is 7.89. The third-order valence-corrected chi connectivity index (χ3v) is 8.12. The van der Waals surface area contributed by atoms with E-state index in [9.17, 15) is 18.5 Å². The van der Waals surface area contributed by atoms with Gasteiger partial charge in [0.25, 0.3) is 5.91 Å². The quantitative estimate of drug-likeness (QED) is 0.461. The molecule has 38 heavy (non-hydrogen) atoms. The first-order chi connectivity index (χ1) is 18.1. The Bertz CT molecular complexity index is 1470. The lowest BCUT2D eigenvalue weighted by molar-refractivity contribution is 0.102. The number of hydrogen-bond donors (Lipinski definition) is 2. The summed E-state index contributed by atoms with van der Waals surface area (Å²) in [7, 11) is -2.23. The average molecular weight is 533 g/mol. The molecule has 0 aliphatic carbocycles. The molecule has 1 aliphatic heterocycles. The number of amides is 1. The normalized spacial score (nSPS) is 15.6. The van der Waals surface area contributed by atoms with Crippen LogP contribution in [0.25, 0.3) is 11.1 Å². The van der Waals surface area contributed by atoms with E-state index in [2.05, 4.69) is 30.1 Å². The van der Waals surface area contributed by atoms with Crippen LogP contribution in [-0.2, 0) is 15.4 Å². The van der Waals surface area contributed by atoms with Gasteiger partial charge in [-0.3, -0.25) is 4.79 Å². The number of methoxy groups -OCH3 is 1. The largest absolute Gasteiger partial charge is 0.496 e. The highest BCUT2D eigenvalue weighted by Crippen LogP contribution is 2.41. The Balaban J connectivity index is 1.55.